The molecule has 0 saturated carbocycles. The third-order valence-electron chi connectivity index (χ3n) is 4.45. The standard InChI is InChI=1S/C13H21N3O2S/c1-14-6-3-4-12(14)9-15-7-5-11-8-16(13(11)10-15)19(2,17)18/h3-4,6,11,13H,5,7-10H2,1-2H3/t11-,13-/m1/s1. The average molecular weight is 283 g/mol. The second kappa shape index (κ2) is 4.61. The topological polar surface area (TPSA) is 45.5 Å². The van der Waals surface area contributed by atoms with E-state index in [9.17, 15) is 8.42 Å². The number of hydrogen-bond acceptors (Lipinski definition) is 3. The summed E-state index contributed by atoms with van der Waals surface area (Å²) >= 11 is 0. The minimum Gasteiger partial charge on any atom is -0.353 e. The Bertz CT molecular complexity index is 566. The summed E-state index contributed by atoms with van der Waals surface area (Å²) in [5.74, 6) is 0.569. The third-order valence-corrected chi connectivity index (χ3v) is 5.72. The number of hydrogen-bond donors (Lipinski definition) is 0. The summed E-state index contributed by atoms with van der Waals surface area (Å²) in [7, 11) is -0.979. The van der Waals surface area contributed by atoms with E-state index in [4.69, 9.17) is 0 Å². The fourth-order valence-corrected chi connectivity index (χ4v) is 4.42. The summed E-state index contributed by atoms with van der Waals surface area (Å²) in [6.45, 7) is 3.57. The number of likely N-dealkylation sites (tertiary alicyclic amines) is 1. The summed E-state index contributed by atoms with van der Waals surface area (Å²) in [5, 5.41) is 0. The summed E-state index contributed by atoms with van der Waals surface area (Å²) in [4.78, 5) is 2.37. The van der Waals surface area contributed by atoms with Gasteiger partial charge in [-0.3, -0.25) is 4.90 Å². The van der Waals surface area contributed by atoms with Crippen molar-refractivity contribution < 1.29 is 8.42 Å². The van der Waals surface area contributed by atoms with Crippen LogP contribution in [0.5, 0.6) is 0 Å². The number of aromatic nitrogens is 1. The Morgan fingerprint density at radius 1 is 1.37 bits per heavy atom. The zero-order valence-electron chi connectivity index (χ0n) is 11.5. The number of fused-ring (bicyclic) bond motifs is 1. The van der Waals surface area contributed by atoms with Crippen molar-refractivity contribution in [3.05, 3.63) is 24.0 Å². The van der Waals surface area contributed by atoms with Crippen LogP contribution in [0.25, 0.3) is 0 Å². The SMILES string of the molecule is Cn1cccc1CN1CC[C@@H]2CN(S(C)(=O)=O)[C@@H]2C1. The van der Waals surface area contributed by atoms with Crippen molar-refractivity contribution in [2.75, 3.05) is 25.9 Å². The highest BCUT2D eigenvalue weighted by atomic mass is 32.2. The minimum atomic E-state index is -3.03. The predicted molar refractivity (Wildman–Crippen MR) is 74.1 cm³/mol. The molecule has 0 spiro atoms. The quantitative estimate of drug-likeness (QED) is 0.811. The maximum atomic E-state index is 11.6. The average Bonchev–Trinajstić information content (AvgIpc) is 2.66. The van der Waals surface area contributed by atoms with E-state index < -0.39 is 10.0 Å². The minimum absolute atomic E-state index is 0.198. The lowest BCUT2D eigenvalue weighted by atomic mass is 9.85. The molecule has 0 unspecified atom stereocenters. The van der Waals surface area contributed by atoms with Crippen molar-refractivity contribution in [3.8, 4) is 0 Å². The van der Waals surface area contributed by atoms with E-state index in [1.54, 1.807) is 4.31 Å². The van der Waals surface area contributed by atoms with Gasteiger partial charge >= 0.3 is 0 Å². The van der Waals surface area contributed by atoms with E-state index in [-0.39, 0.29) is 6.04 Å². The van der Waals surface area contributed by atoms with E-state index in [0.29, 0.717) is 5.92 Å². The molecule has 19 heavy (non-hydrogen) atoms. The summed E-state index contributed by atoms with van der Waals surface area (Å²) in [6.07, 6.45) is 4.48. The molecule has 6 heteroatoms. The largest absolute Gasteiger partial charge is 0.353 e. The Hall–Kier alpha value is -0.850. The number of sulfonamides is 1. The van der Waals surface area contributed by atoms with Gasteiger partial charge in [-0.15, -0.1) is 0 Å². The van der Waals surface area contributed by atoms with E-state index >= 15 is 0 Å². The smallest absolute Gasteiger partial charge is 0.211 e. The van der Waals surface area contributed by atoms with Gasteiger partial charge in [-0.1, -0.05) is 0 Å². The monoisotopic (exact) mass is 283 g/mol. The first-order valence-corrected chi connectivity index (χ1v) is 8.59. The maximum Gasteiger partial charge on any atom is 0.211 e. The highest BCUT2D eigenvalue weighted by molar-refractivity contribution is 7.88. The van der Waals surface area contributed by atoms with E-state index in [1.165, 1.54) is 11.9 Å². The number of piperidine rings is 1. The molecule has 2 fully saturated rings. The Balaban J connectivity index is 1.66. The van der Waals surface area contributed by atoms with E-state index in [1.807, 2.05) is 19.3 Å². The van der Waals surface area contributed by atoms with Gasteiger partial charge in [0.1, 0.15) is 0 Å². The first-order valence-electron chi connectivity index (χ1n) is 6.74. The first kappa shape index (κ1) is 13.1. The molecule has 0 bridgehead atoms. The van der Waals surface area contributed by atoms with Gasteiger partial charge < -0.3 is 4.57 Å². The molecule has 0 aromatic carbocycles. The van der Waals surface area contributed by atoms with Gasteiger partial charge in [0.25, 0.3) is 0 Å². The zero-order chi connectivity index (χ0) is 13.6. The van der Waals surface area contributed by atoms with Crippen molar-refractivity contribution in [2.24, 2.45) is 13.0 Å². The van der Waals surface area contributed by atoms with Crippen LogP contribution in [0.1, 0.15) is 12.1 Å². The van der Waals surface area contributed by atoms with Crippen LogP contribution < -0.4 is 0 Å². The van der Waals surface area contributed by atoms with Crippen molar-refractivity contribution in [1.29, 1.82) is 0 Å². The van der Waals surface area contributed by atoms with Crippen LogP contribution in [0.2, 0.25) is 0 Å². The summed E-state index contributed by atoms with van der Waals surface area (Å²) < 4.78 is 27.1. The Morgan fingerprint density at radius 2 is 2.16 bits per heavy atom. The molecular formula is C13H21N3O2S. The first-order chi connectivity index (χ1) is 8.95. The molecule has 0 amide bonds. The highest BCUT2D eigenvalue weighted by Gasteiger charge is 2.46. The van der Waals surface area contributed by atoms with Crippen LogP contribution in [0.15, 0.2) is 18.3 Å². The van der Waals surface area contributed by atoms with Crippen molar-refractivity contribution in [1.82, 2.24) is 13.8 Å². The lowest BCUT2D eigenvalue weighted by Gasteiger charge is -2.52. The van der Waals surface area contributed by atoms with Crippen LogP contribution >= 0.6 is 0 Å². The molecule has 106 valence electrons. The van der Waals surface area contributed by atoms with Crippen molar-refractivity contribution in [2.45, 2.75) is 19.0 Å². The van der Waals surface area contributed by atoms with Gasteiger partial charge in [0.15, 0.2) is 0 Å². The molecule has 2 aliphatic rings. The predicted octanol–water partition coefficient (Wildman–Crippen LogP) is 0.491. The molecule has 3 heterocycles. The lowest BCUT2D eigenvalue weighted by Crippen LogP contribution is -2.65. The molecule has 3 rings (SSSR count). The van der Waals surface area contributed by atoms with Crippen LogP contribution in [0, 0.1) is 5.92 Å². The Labute approximate surface area is 114 Å². The Morgan fingerprint density at radius 3 is 2.79 bits per heavy atom. The molecule has 5 nitrogen and oxygen atoms in total. The molecule has 0 N–H and O–H groups in total. The summed E-state index contributed by atoms with van der Waals surface area (Å²) in [5.41, 5.74) is 1.28. The lowest BCUT2D eigenvalue weighted by molar-refractivity contribution is 0.0103. The van der Waals surface area contributed by atoms with Gasteiger partial charge in [-0.05, 0) is 31.0 Å². The van der Waals surface area contributed by atoms with Gasteiger partial charge in [0, 0.05) is 44.6 Å². The van der Waals surface area contributed by atoms with Crippen LogP contribution in [0.4, 0.5) is 0 Å². The maximum absolute atomic E-state index is 11.6. The number of aryl methyl sites for hydroxylation is 1. The van der Waals surface area contributed by atoms with Crippen LogP contribution in [0.3, 0.4) is 0 Å². The zero-order valence-corrected chi connectivity index (χ0v) is 12.3. The molecule has 0 radical (unpaired) electrons. The molecule has 2 aliphatic heterocycles. The van der Waals surface area contributed by atoms with Gasteiger partial charge in [0.05, 0.1) is 6.26 Å². The van der Waals surface area contributed by atoms with Gasteiger partial charge in [0.2, 0.25) is 10.0 Å². The van der Waals surface area contributed by atoms with E-state index in [2.05, 4.69) is 15.5 Å². The van der Waals surface area contributed by atoms with Crippen LogP contribution in [-0.2, 0) is 23.6 Å². The Kier molecular flexibility index (Phi) is 3.19. The van der Waals surface area contributed by atoms with Gasteiger partial charge in [-0.2, -0.15) is 4.31 Å². The normalized spacial score (nSPS) is 28.9. The number of rotatable bonds is 3. The molecule has 1 aromatic rings. The molecule has 2 saturated heterocycles. The second-order valence-corrected chi connectivity index (χ2v) is 7.73. The fourth-order valence-electron chi connectivity index (χ4n) is 3.23. The van der Waals surface area contributed by atoms with Crippen LogP contribution in [-0.4, -0.2) is 54.1 Å². The van der Waals surface area contributed by atoms with E-state index in [0.717, 1.165) is 32.6 Å². The summed E-state index contributed by atoms with van der Waals surface area (Å²) in [6, 6.07) is 4.37. The third kappa shape index (κ3) is 2.44. The van der Waals surface area contributed by atoms with Crippen molar-refractivity contribution >= 4 is 10.0 Å². The highest BCUT2D eigenvalue weighted by Crippen LogP contribution is 2.34. The van der Waals surface area contributed by atoms with Crippen molar-refractivity contribution in [3.63, 3.8) is 0 Å². The molecule has 2 atom stereocenters. The molecule has 0 aliphatic carbocycles. The molecule has 1 aromatic heterocycles. The number of nitrogens with zero attached hydrogens (tertiary/aromatic N) is 3. The second-order valence-electron chi connectivity index (χ2n) is 5.79. The molecular weight excluding hydrogens is 262 g/mol. The fraction of sp³-hybridized carbons (Fsp3) is 0.692. The van der Waals surface area contributed by atoms with Gasteiger partial charge in [-0.25, -0.2) is 8.42 Å².